The molecule has 2 fully saturated rings. The number of rotatable bonds is 4. The van der Waals surface area contributed by atoms with Gasteiger partial charge in [0.15, 0.2) is 0 Å². The third-order valence-corrected chi connectivity index (χ3v) is 8.39. The first kappa shape index (κ1) is 24.7. The SMILES string of the molecule is CN1CCN(c2nc(N3CCc4c([nH]c5ccc(Cl)cc45)[C@@H]3CC3CCCC3)nc(C(F)(F)F)n2)CC1. The molecule has 0 unspecified atom stereocenters. The molecular weight excluding hydrogens is 503 g/mol. The molecule has 1 saturated heterocycles. The smallest absolute Gasteiger partial charge is 0.356 e. The summed E-state index contributed by atoms with van der Waals surface area (Å²) in [7, 11) is 2.00. The number of hydrogen-bond acceptors (Lipinski definition) is 6. The number of H-pyrrole nitrogens is 1. The average Bonchev–Trinajstić information content (AvgIpc) is 3.52. The van der Waals surface area contributed by atoms with Gasteiger partial charge in [0.2, 0.25) is 17.7 Å². The zero-order valence-electron chi connectivity index (χ0n) is 20.9. The Morgan fingerprint density at radius 1 is 1.00 bits per heavy atom. The van der Waals surface area contributed by atoms with Crippen molar-refractivity contribution >= 4 is 34.4 Å². The number of likely N-dealkylation sites (N-methyl/N-ethyl adjacent to an activating group) is 1. The van der Waals surface area contributed by atoms with Crippen LogP contribution in [0.15, 0.2) is 18.2 Å². The Morgan fingerprint density at radius 3 is 2.46 bits per heavy atom. The van der Waals surface area contributed by atoms with E-state index in [1.807, 2.05) is 35.0 Å². The first-order valence-electron chi connectivity index (χ1n) is 13.1. The lowest BCUT2D eigenvalue weighted by Gasteiger charge is -2.38. The van der Waals surface area contributed by atoms with Gasteiger partial charge >= 0.3 is 6.18 Å². The van der Waals surface area contributed by atoms with E-state index in [0.717, 1.165) is 48.9 Å². The fraction of sp³-hybridized carbons (Fsp3) is 0.577. The fourth-order valence-corrected chi connectivity index (χ4v) is 6.31. The summed E-state index contributed by atoms with van der Waals surface area (Å²) >= 11 is 6.31. The van der Waals surface area contributed by atoms with Crippen LogP contribution in [-0.2, 0) is 12.6 Å². The number of nitrogens with one attached hydrogen (secondary N) is 1. The molecule has 2 aliphatic heterocycles. The van der Waals surface area contributed by atoms with E-state index >= 15 is 0 Å². The molecule has 11 heteroatoms. The molecule has 6 rings (SSSR count). The second-order valence-corrected chi connectivity index (χ2v) is 11.0. The second-order valence-electron chi connectivity index (χ2n) is 10.6. The van der Waals surface area contributed by atoms with Crippen molar-refractivity contribution in [1.29, 1.82) is 0 Å². The molecule has 3 aromatic rings. The van der Waals surface area contributed by atoms with Crippen LogP contribution in [-0.4, -0.2) is 64.6 Å². The van der Waals surface area contributed by atoms with Crippen molar-refractivity contribution in [3.8, 4) is 0 Å². The van der Waals surface area contributed by atoms with E-state index in [4.69, 9.17) is 11.6 Å². The van der Waals surface area contributed by atoms with Gasteiger partial charge in [-0.25, -0.2) is 0 Å². The molecule has 37 heavy (non-hydrogen) atoms. The summed E-state index contributed by atoms with van der Waals surface area (Å²) < 4.78 is 41.9. The standard InChI is InChI=1S/C26H31ClF3N7/c1-35-10-12-36(13-11-35)24-32-23(26(28,29)30)33-25(34-24)37-9-8-18-19-15-17(27)6-7-20(19)31-22(18)21(37)14-16-4-2-3-5-16/h6-7,15-16,21,31H,2-5,8-14H2,1H3/t21-/m0/s1. The minimum absolute atomic E-state index is 0.110. The van der Waals surface area contributed by atoms with E-state index < -0.39 is 12.0 Å². The lowest BCUT2D eigenvalue weighted by Crippen LogP contribution is -2.45. The quantitative estimate of drug-likeness (QED) is 0.480. The highest BCUT2D eigenvalue weighted by Crippen LogP contribution is 2.43. The molecule has 2 aromatic heterocycles. The Kier molecular flexibility index (Phi) is 6.43. The number of alkyl halides is 3. The summed E-state index contributed by atoms with van der Waals surface area (Å²) in [5.74, 6) is -0.379. The molecule has 198 valence electrons. The maximum atomic E-state index is 14.0. The molecule has 1 aromatic carbocycles. The molecule has 1 N–H and O–H groups in total. The van der Waals surface area contributed by atoms with Gasteiger partial charge in [-0.1, -0.05) is 37.3 Å². The summed E-state index contributed by atoms with van der Waals surface area (Å²) in [6.45, 7) is 3.19. The van der Waals surface area contributed by atoms with Crippen LogP contribution in [0.2, 0.25) is 5.02 Å². The second kappa shape index (κ2) is 9.62. The van der Waals surface area contributed by atoms with Crippen LogP contribution in [0, 0.1) is 5.92 Å². The Hall–Kier alpha value is -2.59. The van der Waals surface area contributed by atoms with Crippen molar-refractivity contribution in [2.24, 2.45) is 5.92 Å². The molecule has 0 radical (unpaired) electrons. The fourth-order valence-electron chi connectivity index (χ4n) is 6.14. The topological polar surface area (TPSA) is 64.2 Å². The van der Waals surface area contributed by atoms with Gasteiger partial charge in [-0.15, -0.1) is 0 Å². The predicted molar refractivity (Wildman–Crippen MR) is 138 cm³/mol. The maximum Gasteiger partial charge on any atom is 0.451 e. The van der Waals surface area contributed by atoms with Crippen LogP contribution in [0.3, 0.4) is 0 Å². The van der Waals surface area contributed by atoms with Gasteiger partial charge in [0.1, 0.15) is 0 Å². The highest BCUT2D eigenvalue weighted by atomic mass is 35.5. The van der Waals surface area contributed by atoms with E-state index in [1.165, 1.54) is 18.4 Å². The van der Waals surface area contributed by atoms with Crippen molar-refractivity contribution in [3.63, 3.8) is 0 Å². The molecule has 1 atom stereocenters. The monoisotopic (exact) mass is 533 g/mol. The van der Waals surface area contributed by atoms with Crippen LogP contribution >= 0.6 is 11.6 Å². The van der Waals surface area contributed by atoms with Crippen molar-refractivity contribution in [2.75, 3.05) is 49.6 Å². The van der Waals surface area contributed by atoms with E-state index in [1.54, 1.807) is 0 Å². The Bertz CT molecular complexity index is 1280. The number of aromatic nitrogens is 4. The molecule has 0 bridgehead atoms. The van der Waals surface area contributed by atoms with Gasteiger partial charge < -0.3 is 19.7 Å². The average molecular weight is 534 g/mol. The Morgan fingerprint density at radius 2 is 1.73 bits per heavy atom. The zero-order chi connectivity index (χ0) is 25.7. The lowest BCUT2D eigenvalue weighted by molar-refractivity contribution is -0.145. The number of halogens is 4. The Balaban J connectivity index is 1.43. The molecule has 4 heterocycles. The molecule has 7 nitrogen and oxygen atoms in total. The van der Waals surface area contributed by atoms with Crippen LogP contribution in [0.5, 0.6) is 0 Å². The van der Waals surface area contributed by atoms with Crippen LogP contribution in [0.25, 0.3) is 10.9 Å². The van der Waals surface area contributed by atoms with E-state index in [2.05, 4.69) is 24.8 Å². The van der Waals surface area contributed by atoms with Crippen molar-refractivity contribution < 1.29 is 13.2 Å². The number of hydrogen-bond donors (Lipinski definition) is 1. The number of piperazine rings is 1. The molecule has 1 saturated carbocycles. The lowest BCUT2D eigenvalue weighted by atomic mass is 9.90. The number of anilines is 2. The predicted octanol–water partition coefficient (Wildman–Crippen LogP) is 5.46. The molecule has 0 spiro atoms. The summed E-state index contributed by atoms with van der Waals surface area (Å²) in [6.07, 6.45) is 1.55. The third kappa shape index (κ3) is 4.85. The van der Waals surface area contributed by atoms with E-state index in [-0.39, 0.29) is 17.9 Å². The first-order chi connectivity index (χ1) is 17.8. The number of fused-ring (bicyclic) bond motifs is 3. The van der Waals surface area contributed by atoms with Gasteiger partial charge in [-0.05, 0) is 49.6 Å². The first-order valence-corrected chi connectivity index (χ1v) is 13.5. The van der Waals surface area contributed by atoms with Gasteiger partial charge in [0.25, 0.3) is 0 Å². The zero-order valence-corrected chi connectivity index (χ0v) is 21.6. The van der Waals surface area contributed by atoms with Crippen molar-refractivity contribution in [2.45, 2.75) is 50.7 Å². The maximum absolute atomic E-state index is 14.0. The van der Waals surface area contributed by atoms with Gasteiger partial charge in [0.05, 0.1) is 6.04 Å². The molecule has 0 amide bonds. The van der Waals surface area contributed by atoms with Crippen molar-refractivity contribution in [1.82, 2.24) is 24.8 Å². The summed E-state index contributed by atoms with van der Waals surface area (Å²) in [4.78, 5) is 22.1. The van der Waals surface area contributed by atoms with Crippen LogP contribution in [0.1, 0.15) is 55.2 Å². The number of benzene rings is 1. The van der Waals surface area contributed by atoms with E-state index in [9.17, 15) is 13.2 Å². The number of aromatic amines is 1. The highest BCUT2D eigenvalue weighted by molar-refractivity contribution is 6.31. The van der Waals surface area contributed by atoms with Crippen molar-refractivity contribution in [3.05, 3.63) is 40.3 Å². The van der Waals surface area contributed by atoms with Gasteiger partial charge in [0, 0.05) is 54.3 Å². The highest BCUT2D eigenvalue weighted by Gasteiger charge is 2.40. The molecular formula is C26H31ClF3N7. The molecule has 3 aliphatic rings. The minimum atomic E-state index is -4.65. The normalized spacial score (nSPS) is 21.7. The third-order valence-electron chi connectivity index (χ3n) is 8.15. The minimum Gasteiger partial charge on any atom is -0.356 e. The Labute approximate surface area is 219 Å². The van der Waals surface area contributed by atoms with E-state index in [0.29, 0.717) is 37.0 Å². The van der Waals surface area contributed by atoms with Crippen LogP contribution < -0.4 is 9.80 Å². The number of nitrogens with zero attached hydrogens (tertiary/aromatic N) is 6. The summed E-state index contributed by atoms with van der Waals surface area (Å²) in [5, 5.41) is 1.76. The molecule has 1 aliphatic carbocycles. The largest absolute Gasteiger partial charge is 0.451 e. The van der Waals surface area contributed by atoms with Gasteiger partial charge in [-0.3, -0.25) is 0 Å². The summed E-state index contributed by atoms with van der Waals surface area (Å²) in [6, 6.07) is 5.68. The summed E-state index contributed by atoms with van der Waals surface area (Å²) in [5.41, 5.74) is 3.24. The van der Waals surface area contributed by atoms with Crippen LogP contribution in [0.4, 0.5) is 25.1 Å². The van der Waals surface area contributed by atoms with Gasteiger partial charge in [-0.2, -0.15) is 28.1 Å².